The minimum absolute atomic E-state index is 0.311. The molecule has 0 amide bonds. The quantitative estimate of drug-likeness (QED) is 0.825. The summed E-state index contributed by atoms with van der Waals surface area (Å²) in [5.41, 5.74) is 2.58. The van der Waals surface area contributed by atoms with Crippen LogP contribution in [0.2, 0.25) is 0 Å². The minimum Gasteiger partial charge on any atom is -0.472 e. The van der Waals surface area contributed by atoms with Gasteiger partial charge in [0.25, 0.3) is 0 Å². The lowest BCUT2D eigenvalue weighted by Gasteiger charge is -2.24. The lowest BCUT2D eigenvalue weighted by molar-refractivity contribution is 0.459. The van der Waals surface area contributed by atoms with Crippen molar-refractivity contribution in [3.63, 3.8) is 0 Å². The maximum absolute atomic E-state index is 5.22. The van der Waals surface area contributed by atoms with Gasteiger partial charge in [0.05, 0.1) is 12.5 Å². The molecular formula is C16H21NO. The van der Waals surface area contributed by atoms with Crippen molar-refractivity contribution in [2.75, 3.05) is 6.54 Å². The van der Waals surface area contributed by atoms with E-state index in [4.69, 9.17) is 4.42 Å². The van der Waals surface area contributed by atoms with Gasteiger partial charge in [0, 0.05) is 17.5 Å². The van der Waals surface area contributed by atoms with Crippen LogP contribution in [0.1, 0.15) is 43.4 Å². The summed E-state index contributed by atoms with van der Waals surface area (Å²) in [6.45, 7) is 5.47. The molecule has 0 bridgehead atoms. The fraction of sp³-hybridized carbons (Fsp3) is 0.375. The average molecular weight is 243 g/mol. The molecule has 0 fully saturated rings. The fourth-order valence-corrected chi connectivity index (χ4v) is 2.28. The second kappa shape index (κ2) is 6.41. The Labute approximate surface area is 109 Å². The van der Waals surface area contributed by atoms with Crippen LogP contribution in [0.4, 0.5) is 0 Å². The summed E-state index contributed by atoms with van der Waals surface area (Å²) in [5.74, 6) is 0.426. The SMILES string of the molecule is CCCNC(c1ccoc1)C(C)c1ccccc1. The van der Waals surface area contributed by atoms with Crippen LogP contribution in [-0.4, -0.2) is 6.54 Å². The summed E-state index contributed by atoms with van der Waals surface area (Å²) >= 11 is 0. The van der Waals surface area contributed by atoms with Crippen LogP contribution in [0.25, 0.3) is 0 Å². The Balaban J connectivity index is 2.18. The normalized spacial score (nSPS) is 14.3. The maximum Gasteiger partial charge on any atom is 0.0950 e. The molecule has 1 N–H and O–H groups in total. The van der Waals surface area contributed by atoms with Gasteiger partial charge in [-0.1, -0.05) is 44.2 Å². The van der Waals surface area contributed by atoms with E-state index >= 15 is 0 Å². The first-order chi connectivity index (χ1) is 8.83. The van der Waals surface area contributed by atoms with E-state index in [1.54, 1.807) is 6.26 Å². The lowest BCUT2D eigenvalue weighted by Crippen LogP contribution is -2.26. The molecule has 0 aliphatic carbocycles. The molecule has 2 aromatic rings. The van der Waals surface area contributed by atoms with Crippen molar-refractivity contribution in [3.8, 4) is 0 Å². The third-order valence-electron chi connectivity index (χ3n) is 3.34. The molecule has 2 rings (SSSR count). The number of benzene rings is 1. The van der Waals surface area contributed by atoms with E-state index in [-0.39, 0.29) is 0 Å². The molecule has 18 heavy (non-hydrogen) atoms. The molecule has 2 nitrogen and oxygen atoms in total. The van der Waals surface area contributed by atoms with Crippen molar-refractivity contribution in [2.24, 2.45) is 0 Å². The molecule has 96 valence electrons. The Morgan fingerprint density at radius 3 is 2.50 bits per heavy atom. The van der Waals surface area contributed by atoms with Crippen molar-refractivity contribution in [2.45, 2.75) is 32.2 Å². The van der Waals surface area contributed by atoms with E-state index in [0.29, 0.717) is 12.0 Å². The van der Waals surface area contributed by atoms with Crippen molar-refractivity contribution in [1.29, 1.82) is 0 Å². The van der Waals surface area contributed by atoms with Gasteiger partial charge >= 0.3 is 0 Å². The zero-order valence-electron chi connectivity index (χ0n) is 11.1. The minimum atomic E-state index is 0.311. The predicted molar refractivity (Wildman–Crippen MR) is 74.6 cm³/mol. The maximum atomic E-state index is 5.22. The number of rotatable bonds is 6. The van der Waals surface area contributed by atoms with Crippen LogP contribution >= 0.6 is 0 Å². The summed E-state index contributed by atoms with van der Waals surface area (Å²) in [6, 6.07) is 13.0. The van der Waals surface area contributed by atoms with Gasteiger partial charge in [0.15, 0.2) is 0 Å². The number of hydrogen-bond donors (Lipinski definition) is 1. The number of hydrogen-bond acceptors (Lipinski definition) is 2. The van der Waals surface area contributed by atoms with Crippen LogP contribution in [0.5, 0.6) is 0 Å². The van der Waals surface area contributed by atoms with Crippen LogP contribution in [0.15, 0.2) is 53.3 Å². The topological polar surface area (TPSA) is 25.2 Å². The predicted octanol–water partition coefficient (Wildman–Crippen LogP) is 4.12. The highest BCUT2D eigenvalue weighted by Crippen LogP contribution is 2.30. The number of nitrogens with one attached hydrogen (secondary N) is 1. The Morgan fingerprint density at radius 2 is 1.89 bits per heavy atom. The Kier molecular flexibility index (Phi) is 4.59. The molecule has 2 heteroatoms. The van der Waals surface area contributed by atoms with Gasteiger partial charge in [-0.2, -0.15) is 0 Å². The molecule has 0 spiro atoms. The first-order valence-corrected chi connectivity index (χ1v) is 6.63. The fourth-order valence-electron chi connectivity index (χ4n) is 2.28. The van der Waals surface area contributed by atoms with Crippen LogP contribution in [0.3, 0.4) is 0 Å². The summed E-state index contributed by atoms with van der Waals surface area (Å²) < 4.78 is 5.22. The van der Waals surface area contributed by atoms with E-state index in [1.807, 2.05) is 12.3 Å². The Bertz CT molecular complexity index is 435. The Morgan fingerprint density at radius 1 is 1.11 bits per heavy atom. The molecule has 1 aromatic carbocycles. The lowest BCUT2D eigenvalue weighted by atomic mass is 9.89. The first kappa shape index (κ1) is 12.9. The second-order valence-corrected chi connectivity index (χ2v) is 4.69. The van der Waals surface area contributed by atoms with Gasteiger partial charge in [-0.25, -0.2) is 0 Å². The third-order valence-corrected chi connectivity index (χ3v) is 3.34. The van der Waals surface area contributed by atoms with Crippen molar-refractivity contribution < 1.29 is 4.42 Å². The molecule has 1 heterocycles. The van der Waals surface area contributed by atoms with E-state index in [2.05, 4.69) is 49.5 Å². The van der Waals surface area contributed by atoms with Crippen molar-refractivity contribution in [1.82, 2.24) is 5.32 Å². The van der Waals surface area contributed by atoms with E-state index in [9.17, 15) is 0 Å². The summed E-state index contributed by atoms with van der Waals surface area (Å²) in [5, 5.41) is 3.61. The standard InChI is InChI=1S/C16H21NO/c1-3-10-17-16(15-9-11-18-12-15)13(2)14-7-5-4-6-8-14/h4-9,11-13,16-17H,3,10H2,1-2H3. The molecule has 1 aromatic heterocycles. The van der Waals surface area contributed by atoms with Crippen LogP contribution < -0.4 is 5.32 Å². The highest BCUT2D eigenvalue weighted by atomic mass is 16.3. The molecule has 0 aliphatic rings. The summed E-state index contributed by atoms with van der Waals surface area (Å²) in [7, 11) is 0. The molecule has 0 aliphatic heterocycles. The molecule has 0 saturated carbocycles. The smallest absolute Gasteiger partial charge is 0.0950 e. The second-order valence-electron chi connectivity index (χ2n) is 4.69. The highest BCUT2D eigenvalue weighted by Gasteiger charge is 2.20. The van der Waals surface area contributed by atoms with Gasteiger partial charge in [0.1, 0.15) is 0 Å². The highest BCUT2D eigenvalue weighted by molar-refractivity contribution is 5.25. The average Bonchev–Trinajstić information content (AvgIpc) is 2.94. The molecular weight excluding hydrogens is 222 g/mol. The summed E-state index contributed by atoms with van der Waals surface area (Å²) in [6.07, 6.45) is 4.72. The Hall–Kier alpha value is -1.54. The van der Waals surface area contributed by atoms with Crippen molar-refractivity contribution in [3.05, 3.63) is 60.1 Å². The van der Waals surface area contributed by atoms with Gasteiger partial charge < -0.3 is 9.73 Å². The first-order valence-electron chi connectivity index (χ1n) is 6.63. The largest absolute Gasteiger partial charge is 0.472 e. The van der Waals surface area contributed by atoms with Crippen molar-refractivity contribution >= 4 is 0 Å². The zero-order chi connectivity index (χ0) is 12.8. The van der Waals surface area contributed by atoms with E-state index in [0.717, 1.165) is 13.0 Å². The molecule has 0 radical (unpaired) electrons. The molecule has 0 saturated heterocycles. The van der Waals surface area contributed by atoms with Gasteiger partial charge in [-0.3, -0.25) is 0 Å². The van der Waals surface area contributed by atoms with Gasteiger partial charge in [0.2, 0.25) is 0 Å². The van der Waals surface area contributed by atoms with Gasteiger partial charge in [-0.05, 0) is 24.6 Å². The zero-order valence-corrected chi connectivity index (χ0v) is 11.1. The number of furan rings is 1. The molecule has 2 atom stereocenters. The van der Waals surface area contributed by atoms with Crippen LogP contribution in [-0.2, 0) is 0 Å². The van der Waals surface area contributed by atoms with E-state index in [1.165, 1.54) is 11.1 Å². The molecule has 2 unspecified atom stereocenters. The monoisotopic (exact) mass is 243 g/mol. The van der Waals surface area contributed by atoms with E-state index < -0.39 is 0 Å². The third kappa shape index (κ3) is 3.02. The van der Waals surface area contributed by atoms with Crippen LogP contribution in [0, 0.1) is 0 Å². The van der Waals surface area contributed by atoms with Gasteiger partial charge in [-0.15, -0.1) is 0 Å². The summed E-state index contributed by atoms with van der Waals surface area (Å²) in [4.78, 5) is 0.